The number of nitrogens with one attached hydrogen (secondary N) is 3. The van der Waals surface area contributed by atoms with Gasteiger partial charge in [0.15, 0.2) is 0 Å². The molecule has 3 amide bonds. The molecule has 2 rings (SSSR count). The Kier molecular flexibility index (Phi) is 7.29. The van der Waals surface area contributed by atoms with Crippen LogP contribution >= 0.6 is 0 Å². The van der Waals surface area contributed by atoms with Gasteiger partial charge in [-0.2, -0.15) is 0 Å². The first kappa shape index (κ1) is 19.3. The van der Waals surface area contributed by atoms with E-state index in [0.717, 1.165) is 18.4 Å². The lowest BCUT2D eigenvalue weighted by Crippen LogP contribution is -2.52. The zero-order valence-corrected chi connectivity index (χ0v) is 15.6. The number of rotatable bonds is 7. The SMILES string of the molecule is Cc1ccc(CNC(=O)N[C@@H](CC(C)C)C(=O)NC2CCCC2)cc1. The van der Waals surface area contributed by atoms with Gasteiger partial charge in [0.2, 0.25) is 5.91 Å². The maximum atomic E-state index is 12.5. The molecule has 1 aliphatic carbocycles. The van der Waals surface area contributed by atoms with Gasteiger partial charge in [0.25, 0.3) is 0 Å². The summed E-state index contributed by atoms with van der Waals surface area (Å²) >= 11 is 0. The normalized spacial score (nSPS) is 15.8. The molecular formula is C20H31N3O2. The fraction of sp³-hybridized carbons (Fsp3) is 0.600. The third-order valence-electron chi connectivity index (χ3n) is 4.60. The number of aryl methyl sites for hydroxylation is 1. The number of hydrogen-bond donors (Lipinski definition) is 3. The van der Waals surface area contributed by atoms with E-state index >= 15 is 0 Å². The van der Waals surface area contributed by atoms with Crippen molar-refractivity contribution in [3.05, 3.63) is 35.4 Å². The first-order valence-electron chi connectivity index (χ1n) is 9.34. The van der Waals surface area contributed by atoms with Crippen molar-refractivity contribution in [1.29, 1.82) is 0 Å². The predicted octanol–water partition coefficient (Wildman–Crippen LogP) is 3.27. The summed E-state index contributed by atoms with van der Waals surface area (Å²) in [4.78, 5) is 24.7. The summed E-state index contributed by atoms with van der Waals surface area (Å²) < 4.78 is 0. The molecule has 0 bridgehead atoms. The molecule has 0 heterocycles. The van der Waals surface area contributed by atoms with E-state index in [9.17, 15) is 9.59 Å². The maximum absolute atomic E-state index is 12.5. The largest absolute Gasteiger partial charge is 0.352 e. The molecule has 1 aromatic rings. The van der Waals surface area contributed by atoms with Gasteiger partial charge in [-0.3, -0.25) is 4.79 Å². The molecule has 0 radical (unpaired) electrons. The Labute approximate surface area is 151 Å². The van der Waals surface area contributed by atoms with Crippen molar-refractivity contribution in [3.63, 3.8) is 0 Å². The zero-order chi connectivity index (χ0) is 18.2. The number of amides is 3. The summed E-state index contributed by atoms with van der Waals surface area (Å²) in [6, 6.07) is 7.50. The molecular weight excluding hydrogens is 314 g/mol. The highest BCUT2D eigenvalue weighted by atomic mass is 16.2. The average molecular weight is 345 g/mol. The van der Waals surface area contributed by atoms with Crippen molar-refractivity contribution in [3.8, 4) is 0 Å². The van der Waals surface area contributed by atoms with E-state index in [0.29, 0.717) is 18.9 Å². The number of carbonyl (C=O) groups is 2. The number of urea groups is 1. The van der Waals surface area contributed by atoms with Crippen LogP contribution in [0.2, 0.25) is 0 Å². The third-order valence-corrected chi connectivity index (χ3v) is 4.60. The van der Waals surface area contributed by atoms with Gasteiger partial charge in [0, 0.05) is 12.6 Å². The Morgan fingerprint density at radius 3 is 2.36 bits per heavy atom. The zero-order valence-electron chi connectivity index (χ0n) is 15.6. The predicted molar refractivity (Wildman–Crippen MR) is 100 cm³/mol. The highest BCUT2D eigenvalue weighted by Crippen LogP contribution is 2.18. The highest BCUT2D eigenvalue weighted by molar-refractivity contribution is 5.87. The Bertz CT molecular complexity index is 563. The van der Waals surface area contributed by atoms with Crippen molar-refractivity contribution in [2.75, 3.05) is 0 Å². The van der Waals surface area contributed by atoms with Crippen LogP contribution in [0.5, 0.6) is 0 Å². The first-order chi connectivity index (χ1) is 11.9. The fourth-order valence-corrected chi connectivity index (χ4v) is 3.17. The molecule has 3 N–H and O–H groups in total. The summed E-state index contributed by atoms with van der Waals surface area (Å²) in [5.74, 6) is 0.266. The Hall–Kier alpha value is -2.04. The van der Waals surface area contributed by atoms with Crippen LogP contribution in [0.4, 0.5) is 4.79 Å². The topological polar surface area (TPSA) is 70.2 Å². The Morgan fingerprint density at radius 1 is 1.12 bits per heavy atom. The van der Waals surface area contributed by atoms with Crippen LogP contribution in [-0.4, -0.2) is 24.0 Å². The smallest absolute Gasteiger partial charge is 0.315 e. The molecule has 1 aliphatic rings. The van der Waals surface area contributed by atoms with E-state index < -0.39 is 6.04 Å². The van der Waals surface area contributed by atoms with Gasteiger partial charge in [0.1, 0.15) is 6.04 Å². The Balaban J connectivity index is 1.85. The quantitative estimate of drug-likeness (QED) is 0.710. The van der Waals surface area contributed by atoms with Crippen molar-refractivity contribution in [1.82, 2.24) is 16.0 Å². The van der Waals surface area contributed by atoms with Crippen molar-refractivity contribution in [2.45, 2.75) is 71.5 Å². The minimum atomic E-state index is -0.487. The minimum absolute atomic E-state index is 0.0638. The molecule has 5 heteroatoms. The molecule has 25 heavy (non-hydrogen) atoms. The van der Waals surface area contributed by atoms with Gasteiger partial charge in [0.05, 0.1) is 0 Å². The number of carbonyl (C=O) groups excluding carboxylic acids is 2. The van der Waals surface area contributed by atoms with Gasteiger partial charge >= 0.3 is 6.03 Å². The molecule has 1 saturated carbocycles. The molecule has 1 atom stereocenters. The van der Waals surface area contributed by atoms with E-state index in [2.05, 4.69) is 29.8 Å². The second-order valence-electron chi connectivity index (χ2n) is 7.48. The summed E-state index contributed by atoms with van der Waals surface area (Å²) in [6.45, 7) is 6.59. The lowest BCUT2D eigenvalue weighted by molar-refractivity contribution is -0.124. The van der Waals surface area contributed by atoms with E-state index in [1.807, 2.05) is 31.2 Å². The molecule has 0 saturated heterocycles. The van der Waals surface area contributed by atoms with Crippen LogP contribution in [-0.2, 0) is 11.3 Å². The van der Waals surface area contributed by atoms with Crippen molar-refractivity contribution >= 4 is 11.9 Å². The lowest BCUT2D eigenvalue weighted by atomic mass is 10.0. The summed E-state index contributed by atoms with van der Waals surface area (Å²) in [7, 11) is 0. The summed E-state index contributed by atoms with van der Waals surface area (Å²) in [5.41, 5.74) is 2.23. The van der Waals surface area contributed by atoms with E-state index in [1.54, 1.807) is 0 Å². The molecule has 5 nitrogen and oxygen atoms in total. The van der Waals surface area contributed by atoms with E-state index in [1.165, 1.54) is 18.4 Å². The second kappa shape index (κ2) is 9.44. The van der Waals surface area contributed by atoms with Crippen LogP contribution in [0, 0.1) is 12.8 Å². The van der Waals surface area contributed by atoms with Gasteiger partial charge < -0.3 is 16.0 Å². The van der Waals surface area contributed by atoms with Crippen LogP contribution < -0.4 is 16.0 Å². The van der Waals surface area contributed by atoms with E-state index in [4.69, 9.17) is 0 Å². The molecule has 0 aliphatic heterocycles. The minimum Gasteiger partial charge on any atom is -0.352 e. The fourth-order valence-electron chi connectivity index (χ4n) is 3.17. The second-order valence-corrected chi connectivity index (χ2v) is 7.48. The lowest BCUT2D eigenvalue weighted by Gasteiger charge is -2.22. The number of benzene rings is 1. The number of hydrogen-bond acceptors (Lipinski definition) is 2. The first-order valence-corrected chi connectivity index (χ1v) is 9.34. The molecule has 1 fully saturated rings. The van der Waals surface area contributed by atoms with Crippen LogP contribution in [0.15, 0.2) is 24.3 Å². The average Bonchev–Trinajstić information content (AvgIpc) is 3.06. The van der Waals surface area contributed by atoms with Gasteiger partial charge in [-0.25, -0.2) is 4.79 Å². The molecule has 0 spiro atoms. The Morgan fingerprint density at radius 2 is 1.76 bits per heavy atom. The van der Waals surface area contributed by atoms with Crippen molar-refractivity contribution in [2.24, 2.45) is 5.92 Å². The highest BCUT2D eigenvalue weighted by Gasteiger charge is 2.25. The maximum Gasteiger partial charge on any atom is 0.315 e. The van der Waals surface area contributed by atoms with Gasteiger partial charge in [-0.1, -0.05) is 56.5 Å². The molecule has 0 unspecified atom stereocenters. The van der Waals surface area contributed by atoms with Crippen molar-refractivity contribution < 1.29 is 9.59 Å². The van der Waals surface area contributed by atoms with Crippen LogP contribution in [0.25, 0.3) is 0 Å². The van der Waals surface area contributed by atoms with Gasteiger partial charge in [-0.15, -0.1) is 0 Å². The monoisotopic (exact) mass is 345 g/mol. The van der Waals surface area contributed by atoms with Crippen LogP contribution in [0.3, 0.4) is 0 Å². The molecule has 138 valence electrons. The van der Waals surface area contributed by atoms with Crippen LogP contribution in [0.1, 0.15) is 57.1 Å². The summed E-state index contributed by atoms with van der Waals surface area (Å²) in [5, 5.41) is 8.77. The van der Waals surface area contributed by atoms with E-state index in [-0.39, 0.29) is 18.0 Å². The molecule has 0 aromatic heterocycles. The summed E-state index contributed by atoms with van der Waals surface area (Å²) in [6.07, 6.45) is 5.06. The standard InChI is InChI=1S/C20H31N3O2/c1-14(2)12-18(19(24)22-17-6-4-5-7-17)23-20(25)21-13-16-10-8-15(3)9-11-16/h8-11,14,17-18H,4-7,12-13H2,1-3H3,(H,22,24)(H2,21,23,25)/t18-/m0/s1. The molecule has 1 aromatic carbocycles. The van der Waals surface area contributed by atoms with Gasteiger partial charge in [-0.05, 0) is 37.7 Å². The third kappa shape index (κ3) is 6.77.